The second-order valence-corrected chi connectivity index (χ2v) is 9.39. The van der Waals surface area contributed by atoms with E-state index in [0.29, 0.717) is 28.9 Å². The number of para-hydroxylation sites is 1. The van der Waals surface area contributed by atoms with Gasteiger partial charge in [0.25, 0.3) is 5.89 Å². The number of hydrogen-bond acceptors (Lipinski definition) is 7. The van der Waals surface area contributed by atoms with Gasteiger partial charge in [-0.2, -0.15) is 4.98 Å². The third kappa shape index (κ3) is 6.18. The average Bonchev–Trinajstić information content (AvgIpc) is 3.40. The summed E-state index contributed by atoms with van der Waals surface area (Å²) in [7, 11) is 0. The van der Waals surface area contributed by atoms with Crippen LogP contribution >= 0.6 is 11.6 Å². The predicted molar refractivity (Wildman–Crippen MR) is 141 cm³/mol. The van der Waals surface area contributed by atoms with Gasteiger partial charge >= 0.3 is 5.97 Å². The highest BCUT2D eigenvalue weighted by molar-refractivity contribution is 6.33. The number of piperidine rings is 1. The van der Waals surface area contributed by atoms with E-state index < -0.39 is 0 Å². The van der Waals surface area contributed by atoms with Crippen molar-refractivity contribution in [1.82, 2.24) is 15.0 Å². The number of likely N-dealkylation sites (tertiary alicyclic amines) is 1. The van der Waals surface area contributed by atoms with E-state index in [1.807, 2.05) is 79.7 Å². The molecule has 0 N–H and O–H groups in total. The van der Waals surface area contributed by atoms with Crippen LogP contribution in [0, 0.1) is 5.92 Å². The first-order valence-electron chi connectivity index (χ1n) is 12.4. The average molecular weight is 518 g/mol. The van der Waals surface area contributed by atoms with Crippen LogP contribution in [-0.2, 0) is 16.1 Å². The van der Waals surface area contributed by atoms with E-state index in [0.717, 1.165) is 55.1 Å². The van der Waals surface area contributed by atoms with Crippen LogP contribution in [0.1, 0.15) is 25.3 Å². The highest BCUT2D eigenvalue weighted by Gasteiger charge is 2.26. The molecule has 190 valence electrons. The van der Waals surface area contributed by atoms with Gasteiger partial charge in [-0.1, -0.05) is 41.0 Å². The fraction of sp³-hybridized carbons (Fsp3) is 0.276. The second-order valence-electron chi connectivity index (χ2n) is 8.98. The number of aromatic nitrogens is 2. The Labute approximate surface area is 221 Å². The van der Waals surface area contributed by atoms with Crippen molar-refractivity contribution in [3.8, 4) is 34.3 Å². The van der Waals surface area contributed by atoms with Gasteiger partial charge in [-0.15, -0.1) is 0 Å². The van der Waals surface area contributed by atoms with Crippen molar-refractivity contribution in [2.75, 3.05) is 19.7 Å². The van der Waals surface area contributed by atoms with Crippen LogP contribution in [0.15, 0.2) is 77.3 Å². The highest BCUT2D eigenvalue weighted by Crippen LogP contribution is 2.31. The van der Waals surface area contributed by atoms with Gasteiger partial charge in [-0.25, -0.2) is 0 Å². The standard InChI is InChI=1S/C29H28ClN3O4/c1-2-35-29(34)22-14-16-33(17-15-22)19-20-8-13-25(26(30)18-20)27-31-28(37-32-27)21-9-11-24(12-10-21)36-23-6-4-3-5-7-23/h3-13,18,22H,2,14-17,19H2,1H3. The molecule has 1 aliphatic rings. The number of nitrogens with zero attached hydrogens (tertiary/aromatic N) is 3. The molecule has 0 unspecified atom stereocenters. The maximum Gasteiger partial charge on any atom is 0.309 e. The molecule has 1 saturated heterocycles. The summed E-state index contributed by atoms with van der Waals surface area (Å²) in [5, 5.41) is 4.71. The molecule has 1 aliphatic heterocycles. The SMILES string of the molecule is CCOC(=O)C1CCN(Cc2ccc(-c3noc(-c4ccc(Oc5ccccc5)cc4)n3)c(Cl)c2)CC1. The molecule has 1 aromatic heterocycles. The van der Waals surface area contributed by atoms with E-state index in [9.17, 15) is 4.79 Å². The summed E-state index contributed by atoms with van der Waals surface area (Å²) in [6.45, 7) is 4.75. The summed E-state index contributed by atoms with van der Waals surface area (Å²) in [6.07, 6.45) is 1.63. The second kappa shape index (κ2) is 11.6. The first-order chi connectivity index (χ1) is 18.1. The number of rotatable bonds is 8. The van der Waals surface area contributed by atoms with E-state index in [-0.39, 0.29) is 11.9 Å². The quantitative estimate of drug-likeness (QED) is 0.243. The zero-order valence-electron chi connectivity index (χ0n) is 20.6. The molecule has 7 nitrogen and oxygen atoms in total. The molecule has 5 rings (SSSR count). The van der Waals surface area contributed by atoms with E-state index >= 15 is 0 Å². The van der Waals surface area contributed by atoms with Gasteiger partial charge in [0.1, 0.15) is 11.5 Å². The highest BCUT2D eigenvalue weighted by atomic mass is 35.5. The Balaban J connectivity index is 1.21. The number of benzene rings is 3. The van der Waals surface area contributed by atoms with Crippen LogP contribution in [-0.4, -0.2) is 40.7 Å². The van der Waals surface area contributed by atoms with Crippen molar-refractivity contribution in [2.24, 2.45) is 5.92 Å². The van der Waals surface area contributed by atoms with Crippen LogP contribution in [0.3, 0.4) is 0 Å². The number of carbonyl (C=O) groups excluding carboxylic acids is 1. The lowest BCUT2D eigenvalue weighted by atomic mass is 9.96. The number of esters is 1. The summed E-state index contributed by atoms with van der Waals surface area (Å²) >= 11 is 6.62. The van der Waals surface area contributed by atoms with Crippen LogP contribution in [0.5, 0.6) is 11.5 Å². The minimum atomic E-state index is -0.0783. The van der Waals surface area contributed by atoms with Crippen LogP contribution < -0.4 is 4.74 Å². The van der Waals surface area contributed by atoms with Gasteiger partial charge in [0.05, 0.1) is 17.5 Å². The lowest BCUT2D eigenvalue weighted by Gasteiger charge is -2.30. The third-order valence-corrected chi connectivity index (χ3v) is 6.71. The Bertz CT molecular complexity index is 1330. The molecular formula is C29H28ClN3O4. The van der Waals surface area contributed by atoms with E-state index in [1.54, 1.807) is 0 Å². The van der Waals surface area contributed by atoms with Crippen LogP contribution in [0.2, 0.25) is 5.02 Å². The van der Waals surface area contributed by atoms with Gasteiger partial charge in [-0.3, -0.25) is 9.69 Å². The molecule has 4 aromatic rings. The van der Waals surface area contributed by atoms with Gasteiger partial charge in [0, 0.05) is 17.7 Å². The summed E-state index contributed by atoms with van der Waals surface area (Å²) in [4.78, 5) is 18.9. The Morgan fingerprint density at radius 1 is 1.03 bits per heavy atom. The molecule has 0 atom stereocenters. The maximum atomic E-state index is 12.0. The molecule has 8 heteroatoms. The summed E-state index contributed by atoms with van der Waals surface area (Å²) in [6, 6.07) is 23.0. The third-order valence-electron chi connectivity index (χ3n) is 6.39. The molecule has 0 spiro atoms. The van der Waals surface area contributed by atoms with E-state index in [4.69, 9.17) is 25.6 Å². The number of halogens is 1. The molecule has 3 aromatic carbocycles. The summed E-state index contributed by atoms with van der Waals surface area (Å²) in [5.41, 5.74) is 2.60. The molecule has 0 amide bonds. The molecule has 0 radical (unpaired) electrons. The van der Waals surface area contributed by atoms with Gasteiger partial charge in [-0.05, 0) is 86.9 Å². The van der Waals surface area contributed by atoms with Crippen molar-refractivity contribution in [2.45, 2.75) is 26.3 Å². The van der Waals surface area contributed by atoms with Gasteiger partial charge < -0.3 is 14.0 Å². The lowest BCUT2D eigenvalue weighted by Crippen LogP contribution is -2.36. The zero-order valence-corrected chi connectivity index (χ0v) is 21.4. The molecule has 0 aliphatic carbocycles. The molecule has 1 fully saturated rings. The molecule has 37 heavy (non-hydrogen) atoms. The van der Waals surface area contributed by atoms with Crippen molar-refractivity contribution in [3.63, 3.8) is 0 Å². The lowest BCUT2D eigenvalue weighted by molar-refractivity contribution is -0.149. The topological polar surface area (TPSA) is 77.7 Å². The Kier molecular flexibility index (Phi) is 7.82. The fourth-order valence-corrected chi connectivity index (χ4v) is 4.71. The first kappa shape index (κ1) is 25.0. The van der Waals surface area contributed by atoms with Crippen LogP contribution in [0.25, 0.3) is 22.8 Å². The van der Waals surface area contributed by atoms with Crippen molar-refractivity contribution in [1.29, 1.82) is 0 Å². The van der Waals surface area contributed by atoms with Crippen molar-refractivity contribution < 1.29 is 18.8 Å². The van der Waals surface area contributed by atoms with Crippen molar-refractivity contribution >= 4 is 17.6 Å². The number of hydrogen-bond donors (Lipinski definition) is 0. The molecule has 0 saturated carbocycles. The fourth-order valence-electron chi connectivity index (χ4n) is 4.42. The number of ether oxygens (including phenoxy) is 2. The molecule has 0 bridgehead atoms. The van der Waals surface area contributed by atoms with Gasteiger partial charge in [0.2, 0.25) is 5.82 Å². The van der Waals surface area contributed by atoms with Crippen LogP contribution in [0.4, 0.5) is 0 Å². The first-order valence-corrected chi connectivity index (χ1v) is 12.8. The summed E-state index contributed by atoms with van der Waals surface area (Å²) < 4.78 is 16.5. The maximum absolute atomic E-state index is 12.0. The van der Waals surface area contributed by atoms with E-state index in [2.05, 4.69) is 15.0 Å². The summed E-state index contributed by atoms with van der Waals surface area (Å²) in [5.74, 6) is 2.26. The Hall–Kier alpha value is -3.68. The minimum absolute atomic E-state index is 0.00203. The smallest absolute Gasteiger partial charge is 0.309 e. The predicted octanol–water partition coefficient (Wildman–Crippen LogP) is 6.62. The Morgan fingerprint density at radius 2 is 1.76 bits per heavy atom. The Morgan fingerprint density at radius 3 is 2.46 bits per heavy atom. The van der Waals surface area contributed by atoms with Gasteiger partial charge in [0.15, 0.2) is 0 Å². The zero-order chi connectivity index (χ0) is 25.6. The van der Waals surface area contributed by atoms with Crippen molar-refractivity contribution in [3.05, 3.63) is 83.4 Å². The largest absolute Gasteiger partial charge is 0.466 e. The monoisotopic (exact) mass is 517 g/mol. The molecule has 2 heterocycles. The normalized spacial score (nSPS) is 14.4. The van der Waals surface area contributed by atoms with E-state index in [1.165, 1.54) is 0 Å². The molecular weight excluding hydrogens is 490 g/mol. The minimum Gasteiger partial charge on any atom is -0.466 e. The number of carbonyl (C=O) groups is 1.